The average molecular weight is 331 g/mol. The van der Waals surface area contributed by atoms with Crippen LogP contribution in [0.1, 0.15) is 6.92 Å². The maximum atomic E-state index is 12.2. The lowest BCUT2D eigenvalue weighted by atomic mass is 10.2. The van der Waals surface area contributed by atoms with Crippen LogP contribution in [0.5, 0.6) is 0 Å². The van der Waals surface area contributed by atoms with Crippen molar-refractivity contribution < 1.29 is 4.74 Å². The summed E-state index contributed by atoms with van der Waals surface area (Å²) in [5.41, 5.74) is 0.757. The third kappa shape index (κ3) is 3.34. The van der Waals surface area contributed by atoms with Crippen molar-refractivity contribution in [2.45, 2.75) is 19.5 Å². The van der Waals surface area contributed by atoms with E-state index in [0.29, 0.717) is 23.7 Å². The summed E-state index contributed by atoms with van der Waals surface area (Å²) in [6.07, 6.45) is 1.75. The summed E-state index contributed by atoms with van der Waals surface area (Å²) < 4.78 is 6.96. The van der Waals surface area contributed by atoms with Crippen LogP contribution in [0.15, 0.2) is 15.5 Å². The van der Waals surface area contributed by atoms with Gasteiger partial charge in [-0.05, 0) is 22.9 Å². The zero-order valence-corrected chi connectivity index (χ0v) is 12.8. The predicted molar refractivity (Wildman–Crippen MR) is 77.8 cm³/mol. The number of ether oxygens (including phenoxy) is 1. The van der Waals surface area contributed by atoms with Crippen LogP contribution in [0.2, 0.25) is 0 Å². The minimum absolute atomic E-state index is 0.110. The van der Waals surface area contributed by atoms with Gasteiger partial charge in [-0.25, -0.2) is 4.68 Å². The number of rotatable bonds is 4. The van der Waals surface area contributed by atoms with Gasteiger partial charge in [0.05, 0.1) is 25.0 Å². The average Bonchev–Trinajstić information content (AvgIpc) is 2.40. The van der Waals surface area contributed by atoms with E-state index in [1.807, 2.05) is 0 Å². The molecular formula is C12H19BrN4O2. The van der Waals surface area contributed by atoms with Crippen molar-refractivity contribution in [2.75, 3.05) is 38.3 Å². The second-order valence-corrected chi connectivity index (χ2v) is 5.46. The first-order valence-electron chi connectivity index (χ1n) is 6.36. The zero-order valence-electron chi connectivity index (χ0n) is 11.2. The summed E-state index contributed by atoms with van der Waals surface area (Å²) in [6.45, 7) is 5.75. The smallest absolute Gasteiger partial charge is 0.283 e. The van der Waals surface area contributed by atoms with Crippen molar-refractivity contribution in [2.24, 2.45) is 0 Å². The number of methoxy groups -OCH3 is 1. The maximum absolute atomic E-state index is 12.2. The van der Waals surface area contributed by atoms with Gasteiger partial charge in [-0.1, -0.05) is 0 Å². The summed E-state index contributed by atoms with van der Waals surface area (Å²) in [7, 11) is 1.61. The van der Waals surface area contributed by atoms with Crippen molar-refractivity contribution in [1.29, 1.82) is 0 Å². The summed E-state index contributed by atoms with van der Waals surface area (Å²) in [6, 6.07) is 0.413. The fourth-order valence-electron chi connectivity index (χ4n) is 2.16. The first-order valence-corrected chi connectivity index (χ1v) is 7.15. The van der Waals surface area contributed by atoms with Crippen molar-refractivity contribution in [1.82, 2.24) is 15.1 Å². The number of anilines is 1. The highest BCUT2D eigenvalue weighted by Crippen LogP contribution is 2.22. The molecule has 2 rings (SSSR count). The van der Waals surface area contributed by atoms with Gasteiger partial charge in [-0.15, -0.1) is 0 Å². The summed E-state index contributed by atoms with van der Waals surface area (Å²) in [4.78, 5) is 14.4. The zero-order chi connectivity index (χ0) is 13.8. The molecule has 0 aromatic carbocycles. The first-order chi connectivity index (χ1) is 9.13. The molecule has 0 unspecified atom stereocenters. The maximum Gasteiger partial charge on any atom is 0.283 e. The largest absolute Gasteiger partial charge is 0.383 e. The van der Waals surface area contributed by atoms with Crippen LogP contribution < -0.4 is 15.8 Å². The standard InChI is InChI=1S/C12H19BrN4O2/c1-9-8-16(4-3-14-9)10-7-15-17(5-6-19-2)12(18)11(10)13/h7,9,14H,3-6,8H2,1-2H3/t9-/m1/s1. The Morgan fingerprint density at radius 2 is 2.42 bits per heavy atom. The molecule has 0 aliphatic carbocycles. The Hall–Kier alpha value is -0.920. The molecule has 1 N–H and O–H groups in total. The van der Waals surface area contributed by atoms with Gasteiger partial charge in [-0.3, -0.25) is 4.79 Å². The van der Waals surface area contributed by atoms with Crippen LogP contribution in [0.25, 0.3) is 0 Å². The number of nitrogens with one attached hydrogen (secondary N) is 1. The van der Waals surface area contributed by atoms with Gasteiger partial charge >= 0.3 is 0 Å². The van der Waals surface area contributed by atoms with E-state index in [1.165, 1.54) is 4.68 Å². The molecule has 19 heavy (non-hydrogen) atoms. The fourth-order valence-corrected chi connectivity index (χ4v) is 2.72. The molecule has 7 heteroatoms. The van der Waals surface area contributed by atoms with Crippen molar-refractivity contribution in [3.05, 3.63) is 21.0 Å². The van der Waals surface area contributed by atoms with E-state index >= 15 is 0 Å². The second kappa shape index (κ2) is 6.49. The molecule has 0 saturated carbocycles. The van der Waals surface area contributed by atoms with Crippen molar-refractivity contribution >= 4 is 21.6 Å². The monoisotopic (exact) mass is 330 g/mol. The Morgan fingerprint density at radius 3 is 3.11 bits per heavy atom. The fraction of sp³-hybridized carbons (Fsp3) is 0.667. The van der Waals surface area contributed by atoms with E-state index in [1.54, 1.807) is 13.3 Å². The highest BCUT2D eigenvalue weighted by molar-refractivity contribution is 9.10. The third-order valence-corrected chi connectivity index (χ3v) is 3.93. The Morgan fingerprint density at radius 1 is 1.63 bits per heavy atom. The van der Waals surface area contributed by atoms with Crippen LogP contribution >= 0.6 is 15.9 Å². The lowest BCUT2D eigenvalue weighted by molar-refractivity contribution is 0.181. The Labute approximate surface area is 120 Å². The molecule has 1 aromatic rings. The molecule has 0 bridgehead atoms. The van der Waals surface area contributed by atoms with Gasteiger partial charge in [0.15, 0.2) is 0 Å². The minimum Gasteiger partial charge on any atom is -0.383 e. The van der Waals surface area contributed by atoms with Gasteiger partial charge < -0.3 is 15.0 Å². The minimum atomic E-state index is -0.110. The number of piperazine rings is 1. The molecule has 106 valence electrons. The van der Waals surface area contributed by atoms with Crippen LogP contribution in [0, 0.1) is 0 Å². The molecule has 1 aliphatic heterocycles. The SMILES string of the molecule is COCCn1ncc(N2CCN[C@H](C)C2)c(Br)c1=O. The van der Waals surface area contributed by atoms with Crippen molar-refractivity contribution in [3.8, 4) is 0 Å². The topological polar surface area (TPSA) is 59.4 Å². The summed E-state index contributed by atoms with van der Waals surface area (Å²) in [5.74, 6) is 0. The second-order valence-electron chi connectivity index (χ2n) is 4.67. The Bertz CT molecular complexity index is 491. The summed E-state index contributed by atoms with van der Waals surface area (Å²) in [5, 5.41) is 7.59. The lowest BCUT2D eigenvalue weighted by Gasteiger charge is -2.33. The number of hydrogen-bond acceptors (Lipinski definition) is 5. The Kier molecular flexibility index (Phi) is 4.95. The molecule has 0 amide bonds. The van der Waals surface area contributed by atoms with E-state index in [2.05, 4.69) is 38.2 Å². The van der Waals surface area contributed by atoms with Gasteiger partial charge in [0, 0.05) is 32.8 Å². The van der Waals surface area contributed by atoms with Crippen molar-refractivity contribution in [3.63, 3.8) is 0 Å². The van der Waals surface area contributed by atoms with E-state index in [0.717, 1.165) is 25.3 Å². The molecule has 0 radical (unpaired) electrons. The molecule has 2 heterocycles. The van der Waals surface area contributed by atoms with E-state index in [4.69, 9.17) is 4.74 Å². The molecule has 6 nitrogen and oxygen atoms in total. The quantitative estimate of drug-likeness (QED) is 0.868. The predicted octanol–water partition coefficient (Wildman–Crippen LogP) is 0.450. The lowest BCUT2D eigenvalue weighted by Crippen LogP contribution is -2.49. The van der Waals surface area contributed by atoms with E-state index in [9.17, 15) is 4.79 Å². The number of hydrogen-bond donors (Lipinski definition) is 1. The highest BCUT2D eigenvalue weighted by atomic mass is 79.9. The molecule has 1 aromatic heterocycles. The van der Waals surface area contributed by atoms with Gasteiger partial charge in [-0.2, -0.15) is 5.10 Å². The van der Waals surface area contributed by atoms with Gasteiger partial charge in [0.25, 0.3) is 5.56 Å². The molecule has 0 spiro atoms. The van der Waals surface area contributed by atoms with Crippen LogP contribution in [-0.4, -0.2) is 49.2 Å². The molecule has 1 saturated heterocycles. The normalized spacial score (nSPS) is 19.7. The molecular weight excluding hydrogens is 312 g/mol. The number of halogens is 1. The summed E-state index contributed by atoms with van der Waals surface area (Å²) >= 11 is 3.40. The third-order valence-electron chi connectivity index (χ3n) is 3.18. The Balaban J connectivity index is 2.22. The molecule has 1 aliphatic rings. The number of aromatic nitrogens is 2. The van der Waals surface area contributed by atoms with E-state index < -0.39 is 0 Å². The van der Waals surface area contributed by atoms with Crippen LogP contribution in [0.3, 0.4) is 0 Å². The van der Waals surface area contributed by atoms with Gasteiger partial charge in [0.1, 0.15) is 4.47 Å². The first kappa shape index (κ1) is 14.5. The van der Waals surface area contributed by atoms with Gasteiger partial charge in [0.2, 0.25) is 0 Å². The molecule has 1 atom stereocenters. The highest BCUT2D eigenvalue weighted by Gasteiger charge is 2.20. The van der Waals surface area contributed by atoms with E-state index in [-0.39, 0.29) is 5.56 Å². The van der Waals surface area contributed by atoms with Crippen LogP contribution in [0.4, 0.5) is 5.69 Å². The van der Waals surface area contributed by atoms with Crippen LogP contribution in [-0.2, 0) is 11.3 Å². The molecule has 1 fully saturated rings. The number of nitrogens with zero attached hydrogens (tertiary/aromatic N) is 3.